The second kappa shape index (κ2) is 9.05. The molecule has 3 heterocycles. The molecule has 3 aromatic carbocycles. The first-order valence-electron chi connectivity index (χ1n) is 12.1. The molecular weight excluding hydrogens is 468 g/mol. The van der Waals surface area contributed by atoms with Crippen molar-refractivity contribution in [3.05, 3.63) is 113 Å². The van der Waals surface area contributed by atoms with Crippen LogP contribution in [0.2, 0.25) is 0 Å². The largest absolute Gasteiger partial charge is 0.497 e. The van der Waals surface area contributed by atoms with Crippen LogP contribution < -0.4 is 9.64 Å². The van der Waals surface area contributed by atoms with Crippen LogP contribution in [0.1, 0.15) is 33.1 Å². The van der Waals surface area contributed by atoms with Crippen LogP contribution in [-0.4, -0.2) is 45.3 Å². The Bertz CT molecular complexity index is 1500. The number of imide groups is 1. The first-order chi connectivity index (χ1) is 18.0. The molecule has 2 aliphatic heterocycles. The molecule has 1 aromatic heterocycles. The van der Waals surface area contributed by atoms with Crippen molar-refractivity contribution in [1.29, 1.82) is 0 Å². The molecule has 3 amide bonds. The summed E-state index contributed by atoms with van der Waals surface area (Å²) in [6.45, 7) is 0.618. The van der Waals surface area contributed by atoms with Gasteiger partial charge in [-0.05, 0) is 42.0 Å². The van der Waals surface area contributed by atoms with Gasteiger partial charge in [-0.3, -0.25) is 9.59 Å². The van der Waals surface area contributed by atoms with E-state index in [-0.39, 0.29) is 30.7 Å². The maximum Gasteiger partial charge on any atom is 0.332 e. The lowest BCUT2D eigenvalue weighted by Gasteiger charge is -2.27. The minimum atomic E-state index is -0.649. The molecule has 1 fully saturated rings. The fraction of sp³-hybridized carbons (Fsp3) is 0.172. The number of methoxy groups -OCH3 is 1. The summed E-state index contributed by atoms with van der Waals surface area (Å²) in [5, 5.41) is 0. The Hall–Kier alpha value is -4.72. The zero-order valence-electron chi connectivity index (χ0n) is 20.2. The molecule has 8 heteroatoms. The van der Waals surface area contributed by atoms with Gasteiger partial charge in [0.05, 0.1) is 30.7 Å². The molecule has 37 heavy (non-hydrogen) atoms. The summed E-state index contributed by atoms with van der Waals surface area (Å²) in [5.74, 6) is 0.447. The molecule has 0 spiro atoms. The smallest absolute Gasteiger partial charge is 0.332 e. The summed E-state index contributed by atoms with van der Waals surface area (Å²) < 4.78 is 7.11. The molecule has 0 radical (unpaired) electrons. The monoisotopic (exact) mass is 492 g/mol. The Morgan fingerprint density at radius 2 is 1.62 bits per heavy atom. The van der Waals surface area contributed by atoms with E-state index in [2.05, 4.69) is 0 Å². The van der Waals surface area contributed by atoms with E-state index in [1.54, 1.807) is 60.5 Å². The van der Waals surface area contributed by atoms with Gasteiger partial charge in [-0.2, -0.15) is 0 Å². The van der Waals surface area contributed by atoms with Gasteiger partial charge in [-0.25, -0.2) is 14.7 Å². The van der Waals surface area contributed by atoms with E-state index >= 15 is 0 Å². The molecule has 0 N–H and O–H groups in total. The third kappa shape index (κ3) is 3.87. The van der Waals surface area contributed by atoms with Gasteiger partial charge in [0, 0.05) is 18.5 Å². The number of para-hydroxylation sites is 1. The van der Waals surface area contributed by atoms with Crippen LogP contribution in [0.15, 0.2) is 84.9 Å². The number of rotatable bonds is 6. The molecule has 184 valence electrons. The second-order valence-corrected chi connectivity index (χ2v) is 9.10. The molecule has 8 nitrogen and oxygen atoms in total. The number of amides is 3. The average Bonchev–Trinajstić information content (AvgIpc) is 3.41. The Morgan fingerprint density at radius 3 is 2.30 bits per heavy atom. The van der Waals surface area contributed by atoms with Crippen LogP contribution in [-0.2, 0) is 24.3 Å². The van der Waals surface area contributed by atoms with Crippen molar-refractivity contribution in [2.24, 2.45) is 0 Å². The Labute approximate surface area is 213 Å². The van der Waals surface area contributed by atoms with Crippen LogP contribution >= 0.6 is 0 Å². The molecule has 4 aromatic rings. The summed E-state index contributed by atoms with van der Waals surface area (Å²) in [7, 11) is 1.57. The number of benzene rings is 3. The van der Waals surface area contributed by atoms with Crippen molar-refractivity contribution in [2.45, 2.75) is 25.6 Å². The van der Waals surface area contributed by atoms with Gasteiger partial charge in [0.25, 0.3) is 5.91 Å². The zero-order valence-corrected chi connectivity index (χ0v) is 20.2. The van der Waals surface area contributed by atoms with Gasteiger partial charge in [0.1, 0.15) is 11.8 Å². The fourth-order valence-corrected chi connectivity index (χ4v) is 5.03. The van der Waals surface area contributed by atoms with Gasteiger partial charge in [-0.1, -0.05) is 48.5 Å². The maximum absolute atomic E-state index is 13.6. The Morgan fingerprint density at radius 1 is 0.946 bits per heavy atom. The van der Waals surface area contributed by atoms with E-state index in [0.29, 0.717) is 35.1 Å². The van der Waals surface area contributed by atoms with E-state index in [1.165, 1.54) is 4.90 Å². The topological polar surface area (TPSA) is 84.7 Å². The van der Waals surface area contributed by atoms with Gasteiger partial charge in [-0.15, -0.1) is 0 Å². The van der Waals surface area contributed by atoms with E-state index in [9.17, 15) is 14.4 Å². The third-order valence-corrected chi connectivity index (χ3v) is 6.93. The number of hydrogen-bond acceptors (Lipinski definition) is 5. The van der Waals surface area contributed by atoms with Crippen LogP contribution in [0.3, 0.4) is 0 Å². The molecule has 2 aliphatic rings. The molecule has 0 saturated carbocycles. The van der Waals surface area contributed by atoms with Gasteiger partial charge >= 0.3 is 6.03 Å². The fourth-order valence-electron chi connectivity index (χ4n) is 5.03. The zero-order chi connectivity index (χ0) is 25.5. The third-order valence-electron chi connectivity index (χ3n) is 6.93. The first-order valence-corrected chi connectivity index (χ1v) is 12.1. The highest BCUT2D eigenvalue weighted by Gasteiger charge is 2.49. The van der Waals surface area contributed by atoms with E-state index in [4.69, 9.17) is 9.72 Å². The summed E-state index contributed by atoms with van der Waals surface area (Å²) in [6, 6.07) is 24.6. The van der Waals surface area contributed by atoms with Gasteiger partial charge in [0.2, 0.25) is 5.78 Å². The summed E-state index contributed by atoms with van der Waals surface area (Å²) >= 11 is 0. The van der Waals surface area contributed by atoms with Crippen LogP contribution in [0, 0.1) is 0 Å². The Kier molecular flexibility index (Phi) is 5.56. The number of nitrogens with zero attached hydrogens (tertiary/aromatic N) is 4. The molecule has 0 aliphatic carbocycles. The molecule has 1 saturated heterocycles. The minimum Gasteiger partial charge on any atom is -0.497 e. The SMILES string of the molecule is COc1ccc(C(=O)c2nc3c(n2Cc2ccccc2)CN2C(=O)N(c4ccccc4)C(=O)C2C3)cc1. The van der Waals surface area contributed by atoms with Gasteiger partial charge < -0.3 is 14.2 Å². The number of hydrogen-bond donors (Lipinski definition) is 0. The number of ketones is 1. The molecular formula is C29H24N4O4. The number of aromatic nitrogens is 2. The van der Waals surface area contributed by atoms with Crippen molar-refractivity contribution < 1.29 is 19.1 Å². The quantitative estimate of drug-likeness (QED) is 0.299. The number of anilines is 1. The predicted octanol–water partition coefficient (Wildman–Crippen LogP) is 4.06. The molecule has 1 atom stereocenters. The van der Waals surface area contributed by atoms with E-state index in [1.807, 2.05) is 41.0 Å². The number of carbonyl (C=O) groups is 3. The van der Waals surface area contributed by atoms with Crippen LogP contribution in [0.25, 0.3) is 0 Å². The van der Waals surface area contributed by atoms with Crippen LogP contribution in [0.4, 0.5) is 10.5 Å². The number of ether oxygens (including phenoxy) is 1. The lowest BCUT2D eigenvalue weighted by Crippen LogP contribution is -2.40. The predicted molar refractivity (Wildman–Crippen MR) is 137 cm³/mol. The number of urea groups is 1. The van der Waals surface area contributed by atoms with Crippen molar-refractivity contribution in [1.82, 2.24) is 14.5 Å². The minimum absolute atomic E-state index is 0.198. The lowest BCUT2D eigenvalue weighted by atomic mass is 10.0. The highest BCUT2D eigenvalue weighted by Crippen LogP contribution is 2.34. The molecule has 0 bridgehead atoms. The normalized spacial score (nSPS) is 16.5. The molecule has 1 unspecified atom stereocenters. The standard InChI is InChI=1S/C29H24N4O4/c1-37-22-14-12-20(13-15-22)26(34)27-30-23-16-24-28(35)33(21-10-6-3-7-11-21)29(36)32(24)18-25(23)31(27)17-19-8-4-2-5-9-19/h2-15,24H,16-18H2,1H3. The first kappa shape index (κ1) is 22.7. The van der Waals surface area contributed by atoms with Crippen molar-refractivity contribution in [3.63, 3.8) is 0 Å². The summed E-state index contributed by atoms with van der Waals surface area (Å²) in [6.07, 6.45) is 0.258. The lowest BCUT2D eigenvalue weighted by molar-refractivity contribution is -0.120. The van der Waals surface area contributed by atoms with E-state index in [0.717, 1.165) is 11.3 Å². The van der Waals surface area contributed by atoms with Gasteiger partial charge in [0.15, 0.2) is 5.82 Å². The highest BCUT2D eigenvalue weighted by atomic mass is 16.5. The highest BCUT2D eigenvalue weighted by molar-refractivity contribution is 6.21. The maximum atomic E-state index is 13.6. The number of carbonyl (C=O) groups excluding carboxylic acids is 3. The Balaban J connectivity index is 1.39. The van der Waals surface area contributed by atoms with E-state index < -0.39 is 6.04 Å². The number of imidazole rings is 1. The average molecular weight is 493 g/mol. The number of fused-ring (bicyclic) bond motifs is 2. The van der Waals surface area contributed by atoms with Crippen molar-refractivity contribution in [2.75, 3.05) is 12.0 Å². The summed E-state index contributed by atoms with van der Waals surface area (Å²) in [5.41, 5.74) is 3.48. The molecule has 6 rings (SSSR count). The van der Waals surface area contributed by atoms with Crippen molar-refractivity contribution in [3.8, 4) is 5.75 Å². The second-order valence-electron chi connectivity index (χ2n) is 9.10. The van der Waals surface area contributed by atoms with Crippen molar-refractivity contribution >= 4 is 23.4 Å². The summed E-state index contributed by atoms with van der Waals surface area (Å²) in [4.78, 5) is 47.9. The van der Waals surface area contributed by atoms with Crippen LogP contribution in [0.5, 0.6) is 5.75 Å².